The van der Waals surface area contributed by atoms with Gasteiger partial charge in [-0.2, -0.15) is 5.10 Å². The van der Waals surface area contributed by atoms with Crippen LogP contribution in [0.15, 0.2) is 79.4 Å². The molecule has 0 bridgehead atoms. The maximum Gasteiger partial charge on any atom is 0.155 e. The summed E-state index contributed by atoms with van der Waals surface area (Å²) in [5.74, 6) is -0.272. The van der Waals surface area contributed by atoms with Crippen molar-refractivity contribution in [3.05, 3.63) is 85.2 Å². The molecule has 2 N–H and O–H groups in total. The molecule has 0 saturated carbocycles. The van der Waals surface area contributed by atoms with Crippen molar-refractivity contribution in [2.24, 2.45) is 0 Å². The molecule has 0 spiro atoms. The first kappa shape index (κ1) is 17.5. The Morgan fingerprint density at radius 2 is 1.55 bits per heavy atom. The molecule has 1 aromatic carbocycles. The van der Waals surface area contributed by atoms with E-state index in [1.54, 1.807) is 30.7 Å². The second kappa shape index (κ2) is 6.84. The highest BCUT2D eigenvalue weighted by Crippen LogP contribution is 2.33. The molecule has 0 fully saturated rings. The third-order valence-electron chi connectivity index (χ3n) is 5.35. The summed E-state index contributed by atoms with van der Waals surface area (Å²) >= 11 is 0. The number of H-pyrrole nitrogens is 2. The van der Waals surface area contributed by atoms with Crippen molar-refractivity contribution in [3.63, 3.8) is 0 Å². The fourth-order valence-electron chi connectivity index (χ4n) is 3.83. The third-order valence-corrected chi connectivity index (χ3v) is 5.35. The van der Waals surface area contributed by atoms with Crippen molar-refractivity contribution in [1.82, 2.24) is 30.1 Å². The molecule has 148 valence electrons. The number of nitrogens with one attached hydrogen (secondary N) is 2. The summed E-state index contributed by atoms with van der Waals surface area (Å²) in [6.07, 6.45) is 7.09. The fraction of sp³-hybridized carbons (Fsp3) is 0. The summed E-state index contributed by atoms with van der Waals surface area (Å²) in [4.78, 5) is 16.6. The number of halogens is 1. The lowest BCUT2D eigenvalue weighted by atomic mass is 10.1. The standard InChI is InChI=1S/C24H15FN6/c25-17-3-1-15(2-4-17)22-18-12-21(29-20(18)7-10-27-22)23-19-11-16(13-28-24(19)31-30-23)14-5-8-26-9-6-14/h1-13,29H,(H,28,30,31). The van der Waals surface area contributed by atoms with Crippen LogP contribution in [0.3, 0.4) is 0 Å². The Labute approximate surface area is 175 Å². The number of pyridine rings is 3. The maximum absolute atomic E-state index is 13.4. The molecule has 0 atom stereocenters. The predicted molar refractivity (Wildman–Crippen MR) is 118 cm³/mol. The van der Waals surface area contributed by atoms with Gasteiger partial charge in [0, 0.05) is 52.2 Å². The van der Waals surface area contributed by atoms with Crippen LogP contribution >= 0.6 is 0 Å². The Morgan fingerprint density at radius 1 is 0.710 bits per heavy atom. The van der Waals surface area contributed by atoms with Gasteiger partial charge in [-0.25, -0.2) is 9.37 Å². The van der Waals surface area contributed by atoms with Crippen LogP contribution in [-0.2, 0) is 0 Å². The molecule has 0 radical (unpaired) electrons. The van der Waals surface area contributed by atoms with Gasteiger partial charge in [0.05, 0.1) is 11.4 Å². The summed E-state index contributed by atoms with van der Waals surface area (Å²) in [5.41, 5.74) is 6.94. The molecule has 7 heteroatoms. The quantitative estimate of drug-likeness (QED) is 0.414. The van der Waals surface area contributed by atoms with Crippen molar-refractivity contribution >= 4 is 21.9 Å². The summed E-state index contributed by atoms with van der Waals surface area (Å²) in [7, 11) is 0. The molecule has 6 nitrogen and oxygen atoms in total. The van der Waals surface area contributed by atoms with Gasteiger partial charge < -0.3 is 4.98 Å². The first-order valence-electron chi connectivity index (χ1n) is 9.75. The summed E-state index contributed by atoms with van der Waals surface area (Å²) in [6, 6.07) is 16.3. The van der Waals surface area contributed by atoms with E-state index in [9.17, 15) is 4.39 Å². The SMILES string of the molecule is Fc1ccc(-c2nccc3[nH]c(-c4n[nH]c5ncc(-c6ccncc6)cc45)cc23)cc1. The van der Waals surface area contributed by atoms with Gasteiger partial charge in [-0.3, -0.25) is 15.1 Å². The Balaban J connectivity index is 1.51. The van der Waals surface area contributed by atoms with Gasteiger partial charge in [0.2, 0.25) is 0 Å². The molecule has 0 unspecified atom stereocenters. The molecule has 5 heterocycles. The smallest absolute Gasteiger partial charge is 0.155 e. The number of hydrogen-bond donors (Lipinski definition) is 2. The molecule has 0 saturated heterocycles. The van der Waals surface area contributed by atoms with Crippen molar-refractivity contribution < 1.29 is 4.39 Å². The normalized spacial score (nSPS) is 11.4. The summed E-state index contributed by atoms with van der Waals surface area (Å²) < 4.78 is 13.4. The van der Waals surface area contributed by atoms with Gasteiger partial charge in [0.15, 0.2) is 5.65 Å². The van der Waals surface area contributed by atoms with Crippen LogP contribution in [0.4, 0.5) is 4.39 Å². The predicted octanol–water partition coefficient (Wildman–Crippen LogP) is 5.37. The first-order valence-corrected chi connectivity index (χ1v) is 9.75. The van der Waals surface area contributed by atoms with Crippen molar-refractivity contribution in [2.75, 3.05) is 0 Å². The molecule has 0 amide bonds. The van der Waals surface area contributed by atoms with Crippen LogP contribution in [0.2, 0.25) is 0 Å². The van der Waals surface area contributed by atoms with E-state index in [2.05, 4.69) is 36.2 Å². The van der Waals surface area contributed by atoms with Gasteiger partial charge >= 0.3 is 0 Å². The van der Waals surface area contributed by atoms with Crippen LogP contribution in [0, 0.1) is 5.82 Å². The lowest BCUT2D eigenvalue weighted by Gasteiger charge is -2.02. The molecule has 0 aliphatic rings. The number of fused-ring (bicyclic) bond motifs is 2. The highest BCUT2D eigenvalue weighted by Gasteiger charge is 2.15. The lowest BCUT2D eigenvalue weighted by molar-refractivity contribution is 0.628. The molecular formula is C24H15FN6. The van der Waals surface area contributed by atoms with Gasteiger partial charge in [-0.05, 0) is 60.2 Å². The second-order valence-electron chi connectivity index (χ2n) is 7.24. The number of nitrogens with zero attached hydrogens (tertiary/aromatic N) is 4. The largest absolute Gasteiger partial charge is 0.353 e. The summed E-state index contributed by atoms with van der Waals surface area (Å²) in [5, 5.41) is 9.38. The molecular weight excluding hydrogens is 391 g/mol. The van der Waals surface area contributed by atoms with Gasteiger partial charge in [0.1, 0.15) is 11.5 Å². The van der Waals surface area contributed by atoms with E-state index < -0.39 is 0 Å². The average Bonchev–Trinajstić information content (AvgIpc) is 3.43. The van der Waals surface area contributed by atoms with Crippen molar-refractivity contribution in [1.29, 1.82) is 0 Å². The Morgan fingerprint density at radius 3 is 2.39 bits per heavy atom. The Kier molecular flexibility index (Phi) is 3.86. The fourth-order valence-corrected chi connectivity index (χ4v) is 3.83. The minimum absolute atomic E-state index is 0.272. The summed E-state index contributed by atoms with van der Waals surface area (Å²) in [6.45, 7) is 0. The van der Waals surface area contributed by atoms with Crippen molar-refractivity contribution in [3.8, 4) is 33.8 Å². The van der Waals surface area contributed by atoms with Gasteiger partial charge in [-0.1, -0.05) is 0 Å². The zero-order chi connectivity index (χ0) is 20.8. The van der Waals surface area contributed by atoms with E-state index in [4.69, 9.17) is 0 Å². The highest BCUT2D eigenvalue weighted by molar-refractivity contribution is 5.99. The van der Waals surface area contributed by atoms with Crippen LogP contribution < -0.4 is 0 Å². The molecule has 5 aromatic heterocycles. The van der Waals surface area contributed by atoms with Gasteiger partial charge in [0.25, 0.3) is 0 Å². The molecule has 0 aliphatic heterocycles. The maximum atomic E-state index is 13.4. The Bertz CT molecular complexity index is 1530. The van der Waals surface area contributed by atoms with Crippen LogP contribution in [0.25, 0.3) is 55.7 Å². The topological polar surface area (TPSA) is 83.1 Å². The number of rotatable bonds is 3. The van der Waals surface area contributed by atoms with Crippen LogP contribution in [0.1, 0.15) is 0 Å². The molecule has 6 rings (SSSR count). The number of benzene rings is 1. The van der Waals surface area contributed by atoms with E-state index in [0.29, 0.717) is 5.65 Å². The Hall–Kier alpha value is -4.39. The third kappa shape index (κ3) is 2.95. The molecule has 6 aromatic rings. The second-order valence-corrected chi connectivity index (χ2v) is 7.24. The van der Waals surface area contributed by atoms with Crippen molar-refractivity contribution in [2.45, 2.75) is 0 Å². The first-order chi connectivity index (χ1) is 15.3. The van der Waals surface area contributed by atoms with E-state index in [0.717, 1.165) is 50.1 Å². The number of hydrogen-bond acceptors (Lipinski definition) is 4. The molecule has 0 aliphatic carbocycles. The van der Waals surface area contributed by atoms with E-state index >= 15 is 0 Å². The highest BCUT2D eigenvalue weighted by atomic mass is 19.1. The minimum atomic E-state index is -0.272. The monoisotopic (exact) mass is 406 g/mol. The van der Waals surface area contributed by atoms with E-state index in [1.807, 2.05) is 30.5 Å². The van der Waals surface area contributed by atoms with Gasteiger partial charge in [-0.15, -0.1) is 0 Å². The average molecular weight is 406 g/mol. The number of aromatic amines is 2. The van der Waals surface area contributed by atoms with E-state index in [-0.39, 0.29) is 5.82 Å². The minimum Gasteiger partial charge on any atom is -0.353 e. The zero-order valence-corrected chi connectivity index (χ0v) is 16.2. The van der Waals surface area contributed by atoms with E-state index in [1.165, 1.54) is 12.1 Å². The van der Waals surface area contributed by atoms with Crippen LogP contribution in [0.5, 0.6) is 0 Å². The zero-order valence-electron chi connectivity index (χ0n) is 16.2. The lowest BCUT2D eigenvalue weighted by Crippen LogP contribution is -1.84. The van der Waals surface area contributed by atoms with Crippen LogP contribution in [-0.4, -0.2) is 30.1 Å². The number of aromatic nitrogens is 6. The molecule has 31 heavy (non-hydrogen) atoms.